The molecule has 0 saturated heterocycles. The number of benzene rings is 1. The number of aryl methyl sites for hydroxylation is 2. The van der Waals surface area contributed by atoms with Gasteiger partial charge in [-0.05, 0) is 43.9 Å². The molecule has 1 heterocycles. The van der Waals surface area contributed by atoms with E-state index in [0.717, 1.165) is 30.2 Å². The van der Waals surface area contributed by atoms with E-state index in [1.165, 1.54) is 6.07 Å². The smallest absolute Gasteiger partial charge is 0.271 e. The number of rotatable bonds is 4. The van der Waals surface area contributed by atoms with Gasteiger partial charge in [0.1, 0.15) is 5.76 Å². The topological polar surface area (TPSA) is 102 Å². The molecular weight excluding hydrogens is 332 g/mol. The summed E-state index contributed by atoms with van der Waals surface area (Å²) in [6.07, 6.45) is 3.83. The summed E-state index contributed by atoms with van der Waals surface area (Å²) >= 11 is 0. The van der Waals surface area contributed by atoms with Crippen molar-refractivity contribution in [1.82, 2.24) is 4.72 Å². The van der Waals surface area contributed by atoms with Crippen LogP contribution in [0.1, 0.15) is 41.3 Å². The van der Waals surface area contributed by atoms with Crippen LogP contribution in [0.3, 0.4) is 0 Å². The van der Waals surface area contributed by atoms with E-state index in [2.05, 4.69) is 4.72 Å². The van der Waals surface area contributed by atoms with Gasteiger partial charge in [-0.15, -0.1) is 0 Å². The van der Waals surface area contributed by atoms with Crippen molar-refractivity contribution in [2.24, 2.45) is 0 Å². The van der Waals surface area contributed by atoms with Crippen LogP contribution in [0.4, 0.5) is 5.69 Å². The van der Waals surface area contributed by atoms with Crippen molar-refractivity contribution in [3.05, 3.63) is 57.0 Å². The van der Waals surface area contributed by atoms with E-state index in [1.54, 1.807) is 26.2 Å². The number of nitrogens with one attached hydrogen (secondary N) is 1. The highest BCUT2D eigenvalue weighted by atomic mass is 32.2. The van der Waals surface area contributed by atoms with E-state index in [1.807, 2.05) is 0 Å². The first-order valence-corrected chi connectivity index (χ1v) is 9.12. The van der Waals surface area contributed by atoms with Crippen LogP contribution >= 0.6 is 0 Å². The first kappa shape index (κ1) is 16.7. The minimum absolute atomic E-state index is 0.0511. The number of non-ortho nitro benzene ring substituents is 1. The highest BCUT2D eigenvalue weighted by molar-refractivity contribution is 7.89. The van der Waals surface area contributed by atoms with Gasteiger partial charge in [0.05, 0.1) is 22.1 Å². The molecule has 1 aliphatic rings. The van der Waals surface area contributed by atoms with Crippen LogP contribution in [0, 0.1) is 24.0 Å². The van der Waals surface area contributed by atoms with Crippen molar-refractivity contribution in [2.45, 2.75) is 44.0 Å². The zero-order valence-electron chi connectivity index (χ0n) is 13.4. The van der Waals surface area contributed by atoms with Crippen LogP contribution in [0.25, 0.3) is 0 Å². The van der Waals surface area contributed by atoms with E-state index in [4.69, 9.17) is 4.42 Å². The van der Waals surface area contributed by atoms with Gasteiger partial charge in [-0.3, -0.25) is 10.1 Å². The third kappa shape index (κ3) is 2.94. The molecule has 1 aliphatic carbocycles. The quantitative estimate of drug-likeness (QED) is 0.674. The first-order chi connectivity index (χ1) is 11.3. The lowest BCUT2D eigenvalue weighted by Gasteiger charge is -2.23. The molecule has 1 aromatic carbocycles. The van der Waals surface area contributed by atoms with Gasteiger partial charge in [-0.1, -0.05) is 0 Å². The number of hydrogen-bond donors (Lipinski definition) is 1. The normalized spacial score (nSPS) is 17.5. The molecule has 0 bridgehead atoms. The lowest BCUT2D eigenvalue weighted by Crippen LogP contribution is -2.31. The van der Waals surface area contributed by atoms with Crippen LogP contribution in [-0.4, -0.2) is 13.3 Å². The number of furan rings is 1. The molecule has 128 valence electrons. The fourth-order valence-corrected chi connectivity index (χ4v) is 4.64. The number of hydrogen-bond acceptors (Lipinski definition) is 5. The Morgan fingerprint density at radius 2 is 2.08 bits per heavy atom. The van der Waals surface area contributed by atoms with Gasteiger partial charge >= 0.3 is 0 Å². The monoisotopic (exact) mass is 350 g/mol. The van der Waals surface area contributed by atoms with Gasteiger partial charge in [0.15, 0.2) is 0 Å². The van der Waals surface area contributed by atoms with E-state index < -0.39 is 14.9 Å². The fraction of sp³-hybridized carbons (Fsp3) is 0.375. The lowest BCUT2D eigenvalue weighted by atomic mass is 9.94. The Morgan fingerprint density at radius 3 is 2.79 bits per heavy atom. The molecule has 1 N–H and O–H groups in total. The van der Waals surface area contributed by atoms with Gasteiger partial charge in [0.25, 0.3) is 5.69 Å². The molecule has 3 rings (SSSR count). The standard InChI is InChI=1S/C16H18N2O5S/c1-10-8-12(18(19)20)9-16(11(10)2)24(21,22)17-14-4-3-5-15-13(14)6-7-23-15/h6-9,14,17H,3-5H2,1-2H3. The van der Waals surface area contributed by atoms with E-state index in [0.29, 0.717) is 17.5 Å². The van der Waals surface area contributed by atoms with E-state index in [-0.39, 0.29) is 16.6 Å². The van der Waals surface area contributed by atoms with Crippen LogP contribution in [0.2, 0.25) is 0 Å². The molecule has 0 radical (unpaired) electrons. The molecule has 0 fully saturated rings. The molecule has 2 aromatic rings. The van der Waals surface area contributed by atoms with Gasteiger partial charge in [-0.25, -0.2) is 13.1 Å². The van der Waals surface area contributed by atoms with Crippen molar-refractivity contribution in [3.8, 4) is 0 Å². The molecule has 0 saturated carbocycles. The van der Waals surface area contributed by atoms with Gasteiger partial charge < -0.3 is 4.42 Å². The van der Waals surface area contributed by atoms with Crippen molar-refractivity contribution in [3.63, 3.8) is 0 Å². The summed E-state index contributed by atoms with van der Waals surface area (Å²) in [6, 6.07) is 3.89. The second-order valence-corrected chi connectivity index (χ2v) is 7.69. The van der Waals surface area contributed by atoms with Crippen LogP contribution in [0.15, 0.2) is 33.8 Å². The molecule has 8 heteroatoms. The van der Waals surface area contributed by atoms with E-state index >= 15 is 0 Å². The zero-order chi connectivity index (χ0) is 17.5. The van der Waals surface area contributed by atoms with Crippen LogP contribution < -0.4 is 4.72 Å². The predicted octanol–water partition coefficient (Wildman–Crippen LogP) is 3.16. The Bertz CT molecular complexity index is 901. The second-order valence-electron chi connectivity index (χ2n) is 6.01. The fourth-order valence-electron chi connectivity index (χ4n) is 3.05. The Kier molecular flexibility index (Phi) is 4.18. The SMILES string of the molecule is Cc1cc([N+](=O)[O-])cc(S(=O)(=O)NC2CCCc3occc32)c1C. The molecule has 0 amide bonds. The summed E-state index contributed by atoms with van der Waals surface area (Å²) < 4.78 is 33.7. The number of sulfonamides is 1. The summed E-state index contributed by atoms with van der Waals surface area (Å²) in [6.45, 7) is 3.31. The number of nitro benzene ring substituents is 1. The Hall–Kier alpha value is -2.19. The minimum atomic E-state index is -3.89. The lowest BCUT2D eigenvalue weighted by molar-refractivity contribution is -0.385. The Morgan fingerprint density at radius 1 is 1.33 bits per heavy atom. The third-order valence-electron chi connectivity index (χ3n) is 4.45. The maximum Gasteiger partial charge on any atom is 0.271 e. The van der Waals surface area contributed by atoms with Gasteiger partial charge in [0.2, 0.25) is 10.0 Å². The molecule has 1 aromatic heterocycles. The number of fused-ring (bicyclic) bond motifs is 1. The number of nitro groups is 1. The van der Waals surface area contributed by atoms with Gasteiger partial charge in [0, 0.05) is 24.1 Å². The average molecular weight is 350 g/mol. The molecule has 1 atom stereocenters. The summed E-state index contributed by atoms with van der Waals surface area (Å²) in [5.41, 5.74) is 1.68. The van der Waals surface area contributed by atoms with Crippen molar-refractivity contribution in [1.29, 1.82) is 0 Å². The molecule has 0 aliphatic heterocycles. The predicted molar refractivity (Wildman–Crippen MR) is 87.3 cm³/mol. The highest BCUT2D eigenvalue weighted by Crippen LogP contribution is 2.33. The molecule has 1 unspecified atom stereocenters. The first-order valence-electron chi connectivity index (χ1n) is 7.64. The molecular formula is C16H18N2O5S. The Labute approximate surface area is 139 Å². The minimum Gasteiger partial charge on any atom is -0.469 e. The largest absolute Gasteiger partial charge is 0.469 e. The van der Waals surface area contributed by atoms with Crippen molar-refractivity contribution < 1.29 is 17.8 Å². The number of nitrogens with zero attached hydrogens (tertiary/aromatic N) is 1. The molecule has 24 heavy (non-hydrogen) atoms. The average Bonchev–Trinajstić information content (AvgIpc) is 2.98. The maximum atomic E-state index is 12.8. The summed E-state index contributed by atoms with van der Waals surface area (Å²) in [5.74, 6) is 0.792. The molecule has 0 spiro atoms. The van der Waals surface area contributed by atoms with Crippen molar-refractivity contribution >= 4 is 15.7 Å². The molecule has 7 nitrogen and oxygen atoms in total. The summed E-state index contributed by atoms with van der Waals surface area (Å²) in [7, 11) is -3.89. The highest BCUT2D eigenvalue weighted by Gasteiger charge is 2.29. The van der Waals surface area contributed by atoms with Crippen LogP contribution in [0.5, 0.6) is 0 Å². The zero-order valence-corrected chi connectivity index (χ0v) is 14.2. The van der Waals surface area contributed by atoms with Crippen molar-refractivity contribution in [2.75, 3.05) is 0 Å². The second kappa shape index (κ2) is 6.03. The van der Waals surface area contributed by atoms with Crippen LogP contribution in [-0.2, 0) is 16.4 Å². The Balaban J connectivity index is 1.99. The summed E-state index contributed by atoms with van der Waals surface area (Å²) in [5, 5.41) is 11.0. The third-order valence-corrected chi connectivity index (χ3v) is 6.05. The van der Waals surface area contributed by atoms with E-state index in [9.17, 15) is 18.5 Å². The summed E-state index contributed by atoms with van der Waals surface area (Å²) in [4.78, 5) is 10.4. The maximum absolute atomic E-state index is 12.8. The van der Waals surface area contributed by atoms with Gasteiger partial charge in [-0.2, -0.15) is 0 Å².